The first-order chi connectivity index (χ1) is 6.91. The van der Waals surface area contributed by atoms with Gasteiger partial charge in [-0.2, -0.15) is 0 Å². The number of hydrogen-bond acceptors (Lipinski definition) is 1. The predicted molar refractivity (Wildman–Crippen MR) is 46.4 cm³/mol. The highest BCUT2D eigenvalue weighted by molar-refractivity contribution is 5.85. The lowest BCUT2D eigenvalue weighted by Crippen LogP contribution is -2.19. The van der Waals surface area contributed by atoms with E-state index in [0.717, 1.165) is 0 Å². The van der Waals surface area contributed by atoms with Crippen molar-refractivity contribution in [1.82, 2.24) is 0 Å². The molecule has 1 atom stereocenters. The highest BCUT2D eigenvalue weighted by Gasteiger charge is 2.28. The van der Waals surface area contributed by atoms with Crippen molar-refractivity contribution in [1.29, 1.82) is 0 Å². The standard InChI is InChI=1S/C8H5F6N.ClH/c9-1-2(15)3-4(10)6(12)8(14)7(13)5(3)11;/h2H,1,15H2;1H/t2-;/m1./s1. The summed E-state index contributed by atoms with van der Waals surface area (Å²) in [6.45, 7) is -1.43. The summed E-state index contributed by atoms with van der Waals surface area (Å²) in [5.74, 6) is -10.8. The van der Waals surface area contributed by atoms with Gasteiger partial charge >= 0.3 is 0 Å². The zero-order chi connectivity index (χ0) is 11.7. The van der Waals surface area contributed by atoms with Crippen molar-refractivity contribution in [3.8, 4) is 0 Å². The van der Waals surface area contributed by atoms with E-state index < -0.39 is 47.4 Å². The first-order valence-corrected chi connectivity index (χ1v) is 3.74. The van der Waals surface area contributed by atoms with E-state index >= 15 is 0 Å². The molecule has 0 unspecified atom stereocenters. The van der Waals surface area contributed by atoms with Gasteiger partial charge in [0.25, 0.3) is 0 Å². The normalized spacial score (nSPS) is 12.2. The molecule has 0 aliphatic heterocycles. The second kappa shape index (κ2) is 5.40. The number of hydrogen-bond donors (Lipinski definition) is 1. The maximum atomic E-state index is 12.9. The third kappa shape index (κ3) is 2.25. The molecule has 0 radical (unpaired) electrons. The summed E-state index contributed by atoms with van der Waals surface area (Å²) in [4.78, 5) is 0. The van der Waals surface area contributed by atoms with Crippen molar-refractivity contribution < 1.29 is 26.3 Å². The number of halogens is 7. The Morgan fingerprint density at radius 3 is 1.44 bits per heavy atom. The lowest BCUT2D eigenvalue weighted by Gasteiger charge is -2.11. The molecular weight excluding hydrogens is 260 g/mol. The van der Waals surface area contributed by atoms with Gasteiger partial charge in [0.05, 0.1) is 6.04 Å². The molecule has 0 spiro atoms. The summed E-state index contributed by atoms with van der Waals surface area (Å²) in [5.41, 5.74) is 3.53. The highest BCUT2D eigenvalue weighted by Crippen LogP contribution is 2.26. The van der Waals surface area contributed by atoms with Crippen molar-refractivity contribution in [2.45, 2.75) is 6.04 Å². The Kier molecular flexibility index (Phi) is 5.08. The lowest BCUT2D eigenvalue weighted by atomic mass is 10.1. The van der Waals surface area contributed by atoms with Crippen molar-refractivity contribution in [2.24, 2.45) is 5.73 Å². The monoisotopic (exact) mass is 265 g/mol. The van der Waals surface area contributed by atoms with Crippen LogP contribution < -0.4 is 5.73 Å². The van der Waals surface area contributed by atoms with Gasteiger partial charge in [0.1, 0.15) is 6.67 Å². The van der Waals surface area contributed by atoms with Gasteiger partial charge in [-0.25, -0.2) is 26.3 Å². The Morgan fingerprint density at radius 2 is 1.12 bits per heavy atom. The topological polar surface area (TPSA) is 26.0 Å². The molecule has 0 aliphatic carbocycles. The Bertz CT molecular complexity index is 368. The molecule has 1 rings (SSSR count). The van der Waals surface area contributed by atoms with Gasteiger partial charge in [0.2, 0.25) is 5.82 Å². The molecule has 8 heteroatoms. The molecule has 0 saturated heterocycles. The van der Waals surface area contributed by atoms with Crippen molar-refractivity contribution in [3.63, 3.8) is 0 Å². The molecular formula is C8H6ClF6N. The molecule has 92 valence electrons. The minimum Gasteiger partial charge on any atom is -0.322 e. The van der Waals surface area contributed by atoms with Crippen LogP contribution in [0.3, 0.4) is 0 Å². The molecule has 0 amide bonds. The Morgan fingerprint density at radius 1 is 0.812 bits per heavy atom. The molecule has 0 bridgehead atoms. The first kappa shape index (κ1) is 15.0. The zero-order valence-corrected chi connectivity index (χ0v) is 8.35. The van der Waals surface area contributed by atoms with Crippen LogP contribution in [0.15, 0.2) is 0 Å². The predicted octanol–water partition coefficient (Wildman–Crippen LogP) is 2.77. The van der Waals surface area contributed by atoms with Crippen LogP contribution in [-0.2, 0) is 0 Å². The Balaban J connectivity index is 0.00000225. The van der Waals surface area contributed by atoms with Crippen LogP contribution >= 0.6 is 12.4 Å². The van der Waals surface area contributed by atoms with E-state index in [9.17, 15) is 26.3 Å². The van der Waals surface area contributed by atoms with E-state index in [1.165, 1.54) is 0 Å². The summed E-state index contributed by atoms with van der Waals surface area (Å²) >= 11 is 0. The Labute approximate surface area is 92.6 Å². The smallest absolute Gasteiger partial charge is 0.200 e. The van der Waals surface area contributed by atoms with Gasteiger partial charge in [-0.1, -0.05) is 0 Å². The number of nitrogens with two attached hydrogens (primary N) is 1. The average Bonchev–Trinajstić information content (AvgIpc) is 2.23. The zero-order valence-electron chi connectivity index (χ0n) is 7.54. The van der Waals surface area contributed by atoms with Gasteiger partial charge in [-0.3, -0.25) is 0 Å². The van der Waals surface area contributed by atoms with E-state index in [4.69, 9.17) is 5.73 Å². The van der Waals surface area contributed by atoms with Crippen LogP contribution in [0.1, 0.15) is 11.6 Å². The minimum absolute atomic E-state index is 0. The van der Waals surface area contributed by atoms with Gasteiger partial charge < -0.3 is 5.73 Å². The van der Waals surface area contributed by atoms with Gasteiger partial charge in [-0.15, -0.1) is 12.4 Å². The van der Waals surface area contributed by atoms with Gasteiger partial charge in [0.15, 0.2) is 23.3 Å². The Hall–Kier alpha value is -0.950. The second-order valence-electron chi connectivity index (χ2n) is 2.74. The van der Waals surface area contributed by atoms with Crippen LogP contribution in [0.4, 0.5) is 26.3 Å². The number of alkyl halides is 1. The summed E-state index contributed by atoms with van der Waals surface area (Å²) in [7, 11) is 0. The minimum atomic E-state index is -2.29. The molecule has 1 aromatic rings. The van der Waals surface area contributed by atoms with Crippen LogP contribution in [0.2, 0.25) is 0 Å². The fourth-order valence-corrected chi connectivity index (χ4v) is 1.02. The molecule has 0 heterocycles. The molecule has 0 aromatic heterocycles. The SMILES string of the molecule is Cl.N[C@H](CF)c1c(F)c(F)c(F)c(F)c1F. The summed E-state index contributed by atoms with van der Waals surface area (Å²) < 4.78 is 75.4. The maximum Gasteiger partial charge on any atom is 0.200 e. The van der Waals surface area contributed by atoms with Crippen LogP contribution in [-0.4, -0.2) is 6.67 Å². The highest BCUT2D eigenvalue weighted by atomic mass is 35.5. The van der Waals surface area contributed by atoms with Crippen molar-refractivity contribution in [2.75, 3.05) is 6.67 Å². The molecule has 0 aliphatic rings. The molecule has 0 fully saturated rings. The maximum absolute atomic E-state index is 12.9. The van der Waals surface area contributed by atoms with Crippen LogP contribution in [0.5, 0.6) is 0 Å². The van der Waals surface area contributed by atoms with Crippen LogP contribution in [0, 0.1) is 29.1 Å². The molecule has 1 nitrogen and oxygen atoms in total. The molecule has 1 aromatic carbocycles. The van der Waals surface area contributed by atoms with E-state index in [1.807, 2.05) is 0 Å². The molecule has 0 saturated carbocycles. The lowest BCUT2D eigenvalue weighted by molar-refractivity contribution is 0.350. The fourth-order valence-electron chi connectivity index (χ4n) is 1.02. The molecule has 16 heavy (non-hydrogen) atoms. The van der Waals surface area contributed by atoms with E-state index in [1.54, 1.807) is 0 Å². The third-order valence-corrected chi connectivity index (χ3v) is 1.78. The van der Waals surface area contributed by atoms with Crippen molar-refractivity contribution in [3.05, 3.63) is 34.6 Å². The second-order valence-corrected chi connectivity index (χ2v) is 2.74. The first-order valence-electron chi connectivity index (χ1n) is 3.74. The quantitative estimate of drug-likeness (QED) is 0.497. The average molecular weight is 266 g/mol. The van der Waals surface area contributed by atoms with E-state index in [0.29, 0.717) is 0 Å². The molecule has 2 N–H and O–H groups in total. The third-order valence-electron chi connectivity index (χ3n) is 1.78. The number of rotatable bonds is 2. The van der Waals surface area contributed by atoms with Gasteiger partial charge in [-0.05, 0) is 0 Å². The van der Waals surface area contributed by atoms with Gasteiger partial charge in [0, 0.05) is 5.56 Å². The number of benzene rings is 1. The van der Waals surface area contributed by atoms with Crippen molar-refractivity contribution >= 4 is 12.4 Å². The summed E-state index contributed by atoms with van der Waals surface area (Å²) in [6, 6.07) is -1.88. The van der Waals surface area contributed by atoms with E-state index in [2.05, 4.69) is 0 Å². The summed E-state index contributed by atoms with van der Waals surface area (Å²) in [6.07, 6.45) is 0. The van der Waals surface area contributed by atoms with Crippen LogP contribution in [0.25, 0.3) is 0 Å². The summed E-state index contributed by atoms with van der Waals surface area (Å²) in [5, 5.41) is 0. The largest absolute Gasteiger partial charge is 0.322 e. The van der Waals surface area contributed by atoms with E-state index in [-0.39, 0.29) is 12.4 Å². The fraction of sp³-hybridized carbons (Fsp3) is 0.250.